The van der Waals surface area contributed by atoms with Crippen molar-refractivity contribution in [3.63, 3.8) is 0 Å². The molecular formula is C14H18ClNO4S. The van der Waals surface area contributed by atoms with Crippen LogP contribution < -0.4 is 5.32 Å². The number of halogens is 1. The average Bonchev–Trinajstić information content (AvgIpc) is 2.87. The Morgan fingerprint density at radius 1 is 1.38 bits per heavy atom. The minimum Gasteiger partial charge on any atom is -0.376 e. The number of carbonyl (C=O) groups is 1. The smallest absolute Gasteiger partial charge is 0.261 e. The molecule has 5 nitrogen and oxygen atoms in total. The van der Waals surface area contributed by atoms with Crippen molar-refractivity contribution >= 4 is 25.6 Å². The van der Waals surface area contributed by atoms with E-state index in [1.807, 2.05) is 0 Å². The Labute approximate surface area is 129 Å². The molecule has 0 aromatic heterocycles. The molecule has 1 aromatic carbocycles. The predicted octanol–water partition coefficient (Wildman–Crippen LogP) is 2.14. The van der Waals surface area contributed by atoms with Crippen molar-refractivity contribution in [1.82, 2.24) is 5.32 Å². The third kappa shape index (κ3) is 3.96. The Hall–Kier alpha value is -1.11. The summed E-state index contributed by atoms with van der Waals surface area (Å²) in [5, 5.41) is 2.78. The van der Waals surface area contributed by atoms with Gasteiger partial charge in [0.15, 0.2) is 0 Å². The third-order valence-electron chi connectivity index (χ3n) is 3.54. The number of rotatable bonds is 4. The summed E-state index contributed by atoms with van der Waals surface area (Å²) < 4.78 is 28.5. The maximum atomic E-state index is 12.2. The summed E-state index contributed by atoms with van der Waals surface area (Å²) in [7, 11) is 1.52. The van der Waals surface area contributed by atoms with Crippen molar-refractivity contribution in [2.45, 2.75) is 37.7 Å². The molecule has 1 aromatic rings. The monoisotopic (exact) mass is 331 g/mol. The molecule has 1 aliphatic rings. The van der Waals surface area contributed by atoms with Crippen LogP contribution in [0.15, 0.2) is 17.0 Å². The zero-order valence-corrected chi connectivity index (χ0v) is 13.6. The first-order valence-corrected chi connectivity index (χ1v) is 9.05. The van der Waals surface area contributed by atoms with Gasteiger partial charge in [-0.2, -0.15) is 0 Å². The van der Waals surface area contributed by atoms with E-state index in [-0.39, 0.29) is 16.9 Å². The van der Waals surface area contributed by atoms with E-state index in [1.54, 1.807) is 19.9 Å². The molecule has 0 radical (unpaired) electrons. The molecule has 116 valence electrons. The van der Waals surface area contributed by atoms with E-state index < -0.39 is 9.05 Å². The zero-order chi connectivity index (χ0) is 15.6. The summed E-state index contributed by atoms with van der Waals surface area (Å²) in [4.78, 5) is 12.2. The lowest BCUT2D eigenvalue weighted by atomic mass is 10.0. The molecule has 0 spiro atoms. The van der Waals surface area contributed by atoms with Crippen molar-refractivity contribution in [1.29, 1.82) is 0 Å². The topological polar surface area (TPSA) is 72.5 Å². The largest absolute Gasteiger partial charge is 0.376 e. The second kappa shape index (κ2) is 6.34. The number of aryl methyl sites for hydroxylation is 2. The summed E-state index contributed by atoms with van der Waals surface area (Å²) >= 11 is 0. The third-order valence-corrected chi connectivity index (χ3v) is 5.01. The fraction of sp³-hybridized carbons (Fsp3) is 0.500. The summed E-state index contributed by atoms with van der Waals surface area (Å²) in [6.45, 7) is 4.56. The Bertz CT molecular complexity index is 651. The Morgan fingerprint density at radius 3 is 2.67 bits per heavy atom. The highest BCUT2D eigenvalue weighted by Crippen LogP contribution is 2.23. The van der Waals surface area contributed by atoms with Gasteiger partial charge in [-0.3, -0.25) is 4.79 Å². The zero-order valence-electron chi connectivity index (χ0n) is 12.0. The lowest BCUT2D eigenvalue weighted by molar-refractivity contribution is 0.0857. The molecule has 1 heterocycles. The van der Waals surface area contributed by atoms with E-state index in [4.69, 9.17) is 15.4 Å². The van der Waals surface area contributed by atoms with Crippen LogP contribution in [0.3, 0.4) is 0 Å². The number of hydrogen-bond acceptors (Lipinski definition) is 4. The first-order valence-electron chi connectivity index (χ1n) is 6.75. The molecule has 1 atom stereocenters. The molecular weight excluding hydrogens is 314 g/mol. The fourth-order valence-corrected chi connectivity index (χ4v) is 3.65. The number of carbonyl (C=O) groups excluding carboxylic acids is 1. The molecule has 7 heteroatoms. The van der Waals surface area contributed by atoms with E-state index in [9.17, 15) is 13.2 Å². The van der Waals surface area contributed by atoms with Gasteiger partial charge in [-0.1, -0.05) is 6.07 Å². The van der Waals surface area contributed by atoms with Gasteiger partial charge >= 0.3 is 0 Å². The summed E-state index contributed by atoms with van der Waals surface area (Å²) in [6, 6.07) is 2.98. The van der Waals surface area contributed by atoms with Crippen molar-refractivity contribution in [2.75, 3.05) is 13.2 Å². The average molecular weight is 332 g/mol. The van der Waals surface area contributed by atoms with Crippen LogP contribution in [-0.2, 0) is 13.8 Å². The number of ether oxygens (including phenoxy) is 1. The van der Waals surface area contributed by atoms with E-state index in [0.29, 0.717) is 23.2 Å². The highest BCUT2D eigenvalue weighted by molar-refractivity contribution is 8.13. The Balaban J connectivity index is 2.20. The second-order valence-electron chi connectivity index (χ2n) is 5.22. The highest BCUT2D eigenvalue weighted by Gasteiger charge is 2.20. The number of nitrogens with one attached hydrogen (secondary N) is 1. The van der Waals surface area contributed by atoms with Crippen LogP contribution in [-0.4, -0.2) is 33.6 Å². The number of benzene rings is 1. The SMILES string of the molecule is Cc1cc(C)c(S(=O)(=O)Cl)cc1C(=O)NCC1CCCO1. The van der Waals surface area contributed by atoms with Gasteiger partial charge in [0.2, 0.25) is 0 Å². The lowest BCUT2D eigenvalue weighted by Gasteiger charge is -2.13. The van der Waals surface area contributed by atoms with E-state index in [0.717, 1.165) is 19.4 Å². The molecule has 1 N–H and O–H groups in total. The maximum absolute atomic E-state index is 12.2. The van der Waals surface area contributed by atoms with Gasteiger partial charge in [-0.05, 0) is 43.9 Å². The standard InChI is InChI=1S/C14H18ClNO4S/c1-9-6-10(2)13(21(15,18)19)7-12(9)14(17)16-8-11-4-3-5-20-11/h6-7,11H,3-5,8H2,1-2H3,(H,16,17). The molecule has 1 amide bonds. The van der Waals surface area contributed by atoms with Crippen LogP contribution in [0, 0.1) is 13.8 Å². The van der Waals surface area contributed by atoms with Crippen LogP contribution in [0.25, 0.3) is 0 Å². The molecule has 1 unspecified atom stereocenters. The van der Waals surface area contributed by atoms with E-state index in [1.165, 1.54) is 6.07 Å². The fourth-order valence-electron chi connectivity index (χ4n) is 2.45. The lowest BCUT2D eigenvalue weighted by Crippen LogP contribution is -2.32. The molecule has 2 rings (SSSR count). The highest BCUT2D eigenvalue weighted by atomic mass is 35.7. The van der Waals surface area contributed by atoms with Gasteiger partial charge in [0.25, 0.3) is 15.0 Å². The van der Waals surface area contributed by atoms with Gasteiger partial charge in [-0.25, -0.2) is 8.42 Å². The molecule has 1 aliphatic heterocycles. The second-order valence-corrected chi connectivity index (χ2v) is 7.75. The van der Waals surface area contributed by atoms with Gasteiger partial charge in [0.05, 0.1) is 11.0 Å². The summed E-state index contributed by atoms with van der Waals surface area (Å²) in [5.74, 6) is -0.315. The maximum Gasteiger partial charge on any atom is 0.261 e. The van der Waals surface area contributed by atoms with Crippen molar-refractivity contribution in [2.24, 2.45) is 0 Å². The molecule has 21 heavy (non-hydrogen) atoms. The molecule has 1 saturated heterocycles. The van der Waals surface area contributed by atoms with Gasteiger partial charge in [0, 0.05) is 29.4 Å². The molecule has 1 fully saturated rings. The van der Waals surface area contributed by atoms with E-state index in [2.05, 4.69) is 5.32 Å². The molecule has 0 aliphatic carbocycles. The van der Waals surface area contributed by atoms with Gasteiger partial charge < -0.3 is 10.1 Å². The minimum absolute atomic E-state index is 0.0305. The van der Waals surface area contributed by atoms with Crippen molar-refractivity contribution in [3.05, 3.63) is 28.8 Å². The quantitative estimate of drug-likeness (QED) is 0.858. The van der Waals surface area contributed by atoms with E-state index >= 15 is 0 Å². The van der Waals surface area contributed by atoms with Gasteiger partial charge in [0.1, 0.15) is 0 Å². The first kappa shape index (κ1) is 16.3. The van der Waals surface area contributed by atoms with Gasteiger partial charge in [-0.15, -0.1) is 0 Å². The van der Waals surface area contributed by atoms with Crippen molar-refractivity contribution < 1.29 is 17.9 Å². The minimum atomic E-state index is -3.87. The summed E-state index contributed by atoms with van der Waals surface area (Å²) in [6.07, 6.45) is 1.96. The van der Waals surface area contributed by atoms with Crippen LogP contribution in [0.1, 0.15) is 34.3 Å². The Morgan fingerprint density at radius 2 is 2.10 bits per heavy atom. The van der Waals surface area contributed by atoms with Crippen LogP contribution in [0.5, 0.6) is 0 Å². The number of hydrogen-bond donors (Lipinski definition) is 1. The predicted molar refractivity (Wildman–Crippen MR) is 80.3 cm³/mol. The Kier molecular flexibility index (Phi) is 4.91. The molecule has 0 bridgehead atoms. The molecule has 0 saturated carbocycles. The first-order chi connectivity index (χ1) is 9.79. The van der Waals surface area contributed by atoms with Crippen molar-refractivity contribution in [3.8, 4) is 0 Å². The van der Waals surface area contributed by atoms with Crippen LogP contribution in [0.2, 0.25) is 0 Å². The van der Waals surface area contributed by atoms with Crippen LogP contribution in [0.4, 0.5) is 0 Å². The summed E-state index contributed by atoms with van der Waals surface area (Å²) in [5.41, 5.74) is 1.55. The normalized spacial score (nSPS) is 18.7. The number of amides is 1. The van der Waals surface area contributed by atoms with Crippen LogP contribution >= 0.6 is 10.7 Å².